The third-order valence-electron chi connectivity index (χ3n) is 5.07. The van der Waals surface area contributed by atoms with Crippen molar-refractivity contribution in [3.8, 4) is 11.5 Å². The predicted molar refractivity (Wildman–Crippen MR) is 118 cm³/mol. The van der Waals surface area contributed by atoms with Crippen molar-refractivity contribution in [2.45, 2.75) is 26.1 Å². The van der Waals surface area contributed by atoms with Crippen molar-refractivity contribution in [3.05, 3.63) is 89.7 Å². The van der Waals surface area contributed by atoms with E-state index in [1.165, 1.54) is 12.1 Å². The summed E-state index contributed by atoms with van der Waals surface area (Å²) in [6, 6.07) is 20.4. The number of anilines is 1. The van der Waals surface area contributed by atoms with Gasteiger partial charge in [-0.15, -0.1) is 0 Å². The Labute approximate surface area is 185 Å². The van der Waals surface area contributed by atoms with Crippen molar-refractivity contribution in [3.63, 3.8) is 0 Å². The molecule has 0 spiro atoms. The van der Waals surface area contributed by atoms with E-state index in [1.807, 2.05) is 18.2 Å². The largest absolute Gasteiger partial charge is 0.484 e. The number of carbonyl (C=O) groups is 2. The molecular weight excluding hydrogens is 411 g/mol. The highest BCUT2D eigenvalue weighted by molar-refractivity contribution is 5.92. The molecule has 1 aliphatic rings. The highest BCUT2D eigenvalue weighted by Crippen LogP contribution is 2.29. The zero-order valence-electron chi connectivity index (χ0n) is 17.6. The van der Waals surface area contributed by atoms with E-state index in [4.69, 9.17) is 9.47 Å². The number of amides is 2. The summed E-state index contributed by atoms with van der Waals surface area (Å²) in [5.74, 6) is 0.422. The number of hydrogen-bond acceptors (Lipinski definition) is 4. The second-order valence-electron chi connectivity index (χ2n) is 7.55. The summed E-state index contributed by atoms with van der Waals surface area (Å²) in [7, 11) is 0. The Hall–Kier alpha value is -3.87. The summed E-state index contributed by atoms with van der Waals surface area (Å²) >= 11 is 0. The van der Waals surface area contributed by atoms with Crippen LogP contribution in [0.25, 0.3) is 0 Å². The van der Waals surface area contributed by atoms with Gasteiger partial charge < -0.3 is 19.7 Å². The molecule has 1 aliphatic heterocycles. The van der Waals surface area contributed by atoms with Crippen LogP contribution in [0.1, 0.15) is 18.1 Å². The highest BCUT2D eigenvalue weighted by atomic mass is 19.1. The number of hydrogen-bond donors (Lipinski definition) is 1. The molecule has 1 heterocycles. The van der Waals surface area contributed by atoms with Gasteiger partial charge in [0, 0.05) is 24.3 Å². The first-order chi connectivity index (χ1) is 15.5. The lowest BCUT2D eigenvalue weighted by atomic mass is 10.1. The van der Waals surface area contributed by atoms with Gasteiger partial charge in [0.25, 0.3) is 11.8 Å². The van der Waals surface area contributed by atoms with Crippen LogP contribution in [-0.2, 0) is 22.7 Å². The van der Waals surface area contributed by atoms with Crippen LogP contribution in [0.5, 0.6) is 11.5 Å². The first-order valence-corrected chi connectivity index (χ1v) is 10.3. The Morgan fingerprint density at radius 2 is 1.88 bits per heavy atom. The van der Waals surface area contributed by atoms with Crippen LogP contribution < -0.4 is 14.8 Å². The highest BCUT2D eigenvalue weighted by Gasteiger charge is 2.28. The molecule has 0 bridgehead atoms. The number of halogens is 1. The first kappa shape index (κ1) is 21.4. The third-order valence-corrected chi connectivity index (χ3v) is 5.07. The Kier molecular flexibility index (Phi) is 6.35. The van der Waals surface area contributed by atoms with Gasteiger partial charge in [-0.25, -0.2) is 4.39 Å². The Morgan fingerprint density at radius 1 is 1.12 bits per heavy atom. The second-order valence-corrected chi connectivity index (χ2v) is 7.55. The lowest BCUT2D eigenvalue weighted by molar-refractivity contribution is -0.138. The van der Waals surface area contributed by atoms with Gasteiger partial charge in [-0.3, -0.25) is 9.59 Å². The lowest BCUT2D eigenvalue weighted by Gasteiger charge is -2.22. The van der Waals surface area contributed by atoms with Crippen molar-refractivity contribution in [1.82, 2.24) is 4.90 Å². The maximum absolute atomic E-state index is 13.2. The monoisotopic (exact) mass is 434 g/mol. The van der Waals surface area contributed by atoms with Crippen LogP contribution in [-0.4, -0.2) is 29.4 Å². The fraction of sp³-hybridized carbons (Fsp3) is 0.200. The number of benzene rings is 3. The molecule has 1 N–H and O–H groups in total. The fourth-order valence-corrected chi connectivity index (χ4v) is 3.48. The van der Waals surface area contributed by atoms with Gasteiger partial charge in [-0.2, -0.15) is 0 Å². The third kappa shape index (κ3) is 5.24. The molecule has 164 valence electrons. The minimum absolute atomic E-state index is 0.121. The van der Waals surface area contributed by atoms with Gasteiger partial charge in [0.15, 0.2) is 12.7 Å². The lowest BCUT2D eigenvalue weighted by Crippen LogP contribution is -2.37. The van der Waals surface area contributed by atoms with Crippen molar-refractivity contribution < 1.29 is 23.5 Å². The van der Waals surface area contributed by atoms with Crippen LogP contribution in [0.15, 0.2) is 72.8 Å². The molecule has 3 aromatic rings. The Bertz CT molecular complexity index is 1100. The molecule has 7 heteroatoms. The predicted octanol–water partition coefficient (Wildman–Crippen LogP) is 4.15. The molecule has 0 fully saturated rings. The van der Waals surface area contributed by atoms with E-state index in [9.17, 15) is 14.0 Å². The standard InChI is InChI=1S/C25H23FN2O4/c1-17-25(30)28(14-18-7-9-20(26)10-8-18)15-19-13-21(11-12-23(19)32-17)27-24(29)16-31-22-5-3-2-4-6-22/h2-13,17H,14-16H2,1H3,(H,27,29)/t17-/m1/s1. The van der Waals surface area contributed by atoms with Crippen LogP contribution in [0.4, 0.5) is 10.1 Å². The number of carbonyl (C=O) groups excluding carboxylic acids is 2. The maximum atomic E-state index is 13.2. The number of nitrogens with zero attached hydrogens (tertiary/aromatic N) is 1. The average Bonchev–Trinajstić information content (AvgIpc) is 2.91. The van der Waals surface area contributed by atoms with Crippen LogP contribution in [0.2, 0.25) is 0 Å². The molecule has 0 aliphatic carbocycles. The van der Waals surface area contributed by atoms with Crippen LogP contribution in [0.3, 0.4) is 0 Å². The van der Waals surface area contributed by atoms with E-state index >= 15 is 0 Å². The Morgan fingerprint density at radius 3 is 2.62 bits per heavy atom. The summed E-state index contributed by atoms with van der Waals surface area (Å²) in [4.78, 5) is 26.8. The van der Waals surface area contributed by atoms with E-state index in [2.05, 4.69) is 5.32 Å². The topological polar surface area (TPSA) is 67.9 Å². The number of ether oxygens (including phenoxy) is 2. The van der Waals surface area contributed by atoms with E-state index < -0.39 is 6.10 Å². The SMILES string of the molecule is C[C@H]1Oc2ccc(NC(=O)COc3ccccc3)cc2CN(Cc2ccc(F)cc2)C1=O. The molecule has 6 nitrogen and oxygen atoms in total. The van der Waals surface area contributed by atoms with Gasteiger partial charge >= 0.3 is 0 Å². The molecule has 0 saturated heterocycles. The molecule has 32 heavy (non-hydrogen) atoms. The van der Waals surface area contributed by atoms with Crippen molar-refractivity contribution >= 4 is 17.5 Å². The summed E-state index contributed by atoms with van der Waals surface area (Å²) < 4.78 is 24.5. The fourth-order valence-electron chi connectivity index (χ4n) is 3.48. The van der Waals surface area contributed by atoms with Gasteiger partial charge in [-0.05, 0) is 55.0 Å². The van der Waals surface area contributed by atoms with E-state index in [0.717, 1.165) is 11.1 Å². The van der Waals surface area contributed by atoms with Gasteiger partial charge in [0.1, 0.15) is 17.3 Å². The summed E-state index contributed by atoms with van der Waals surface area (Å²) in [6.45, 7) is 2.21. The minimum Gasteiger partial charge on any atom is -0.484 e. The zero-order valence-corrected chi connectivity index (χ0v) is 17.6. The number of rotatable bonds is 6. The maximum Gasteiger partial charge on any atom is 0.263 e. The van der Waals surface area contributed by atoms with E-state index in [1.54, 1.807) is 54.3 Å². The van der Waals surface area contributed by atoms with Crippen molar-refractivity contribution in [1.29, 1.82) is 0 Å². The van der Waals surface area contributed by atoms with Gasteiger partial charge in [0.2, 0.25) is 0 Å². The van der Waals surface area contributed by atoms with Crippen molar-refractivity contribution in [2.75, 3.05) is 11.9 Å². The summed E-state index contributed by atoms with van der Waals surface area (Å²) in [6.07, 6.45) is -0.656. The molecule has 0 saturated carbocycles. The number of para-hydroxylation sites is 1. The summed E-state index contributed by atoms with van der Waals surface area (Å²) in [5.41, 5.74) is 2.17. The Balaban J connectivity index is 1.46. The quantitative estimate of drug-likeness (QED) is 0.633. The number of nitrogens with one attached hydrogen (secondary N) is 1. The minimum atomic E-state index is -0.656. The zero-order chi connectivity index (χ0) is 22.5. The molecule has 0 unspecified atom stereocenters. The number of fused-ring (bicyclic) bond motifs is 1. The molecule has 0 aromatic heterocycles. The molecule has 1 atom stereocenters. The molecule has 3 aromatic carbocycles. The average molecular weight is 434 g/mol. The molecular formula is C25H23FN2O4. The first-order valence-electron chi connectivity index (χ1n) is 10.3. The van der Waals surface area contributed by atoms with E-state index in [0.29, 0.717) is 30.3 Å². The van der Waals surface area contributed by atoms with Crippen LogP contribution in [0, 0.1) is 5.82 Å². The molecule has 2 amide bonds. The summed E-state index contributed by atoms with van der Waals surface area (Å²) in [5, 5.41) is 2.81. The van der Waals surface area contributed by atoms with Gasteiger partial charge in [-0.1, -0.05) is 30.3 Å². The van der Waals surface area contributed by atoms with Gasteiger partial charge in [0.05, 0.1) is 0 Å². The molecule has 0 radical (unpaired) electrons. The van der Waals surface area contributed by atoms with Crippen molar-refractivity contribution in [2.24, 2.45) is 0 Å². The molecule has 4 rings (SSSR count). The van der Waals surface area contributed by atoms with E-state index in [-0.39, 0.29) is 24.2 Å². The normalized spacial score (nSPS) is 15.4. The van der Waals surface area contributed by atoms with Crippen LogP contribution >= 0.6 is 0 Å². The second kappa shape index (κ2) is 9.51. The smallest absolute Gasteiger partial charge is 0.263 e.